The van der Waals surface area contributed by atoms with Crippen LogP contribution < -0.4 is 0 Å². The van der Waals surface area contributed by atoms with Gasteiger partial charge >= 0.3 is 0 Å². The summed E-state index contributed by atoms with van der Waals surface area (Å²) in [6.45, 7) is 5.62. The van der Waals surface area contributed by atoms with E-state index in [2.05, 4.69) is 42.2 Å². The molecule has 2 rings (SSSR count). The highest BCUT2D eigenvalue weighted by Gasteiger charge is 2.30. The Balaban J connectivity index is 2.13. The van der Waals surface area contributed by atoms with Gasteiger partial charge in [-0.05, 0) is 37.9 Å². The molecule has 0 unspecified atom stereocenters. The number of unbranched alkanes of at least 4 members (excludes halogenated alkanes) is 1. The number of hydrogen-bond acceptors (Lipinski definition) is 2. The molecule has 0 amide bonds. The minimum absolute atomic E-state index is 0.512. The summed E-state index contributed by atoms with van der Waals surface area (Å²) in [5, 5.41) is 0. The predicted molar refractivity (Wildman–Crippen MR) is 85.2 cm³/mol. The fourth-order valence-electron chi connectivity index (χ4n) is 3.42. The number of likely N-dealkylation sites (tertiary alicyclic amines) is 1. The maximum atomic E-state index is 5.54. The zero-order valence-electron chi connectivity index (χ0n) is 13.1. The summed E-state index contributed by atoms with van der Waals surface area (Å²) < 4.78 is 5.54. The molecule has 0 radical (unpaired) electrons. The van der Waals surface area contributed by atoms with Crippen molar-refractivity contribution in [2.24, 2.45) is 0 Å². The SMILES string of the molecule is CCCCN1CCCC[C@H]1[C@H](COC)c1ccccc1. The van der Waals surface area contributed by atoms with E-state index in [1.54, 1.807) is 0 Å². The monoisotopic (exact) mass is 275 g/mol. The standard InChI is InChI=1S/C18H29NO/c1-3-4-13-19-14-9-8-12-18(19)17(15-20-2)16-10-6-5-7-11-16/h5-7,10-11,17-18H,3-4,8-9,12-15H2,1-2H3/t17-,18+/m1/s1. The van der Waals surface area contributed by atoms with Crippen LogP contribution in [0.15, 0.2) is 30.3 Å². The van der Waals surface area contributed by atoms with Gasteiger partial charge in [-0.1, -0.05) is 50.1 Å². The van der Waals surface area contributed by atoms with E-state index < -0.39 is 0 Å². The number of piperidine rings is 1. The molecule has 0 bridgehead atoms. The topological polar surface area (TPSA) is 12.5 Å². The van der Waals surface area contributed by atoms with Gasteiger partial charge in [0, 0.05) is 19.1 Å². The first-order chi connectivity index (χ1) is 9.86. The molecular weight excluding hydrogens is 246 g/mol. The lowest BCUT2D eigenvalue weighted by Crippen LogP contribution is -2.44. The zero-order valence-corrected chi connectivity index (χ0v) is 13.1. The summed E-state index contributed by atoms with van der Waals surface area (Å²) in [6.07, 6.45) is 6.62. The van der Waals surface area contributed by atoms with Crippen molar-refractivity contribution < 1.29 is 4.74 Å². The lowest BCUT2D eigenvalue weighted by Gasteiger charge is -2.40. The molecule has 20 heavy (non-hydrogen) atoms. The van der Waals surface area contributed by atoms with Crippen molar-refractivity contribution >= 4 is 0 Å². The maximum Gasteiger partial charge on any atom is 0.0546 e. The summed E-state index contributed by atoms with van der Waals surface area (Å²) in [5.41, 5.74) is 1.43. The average Bonchev–Trinajstić information content (AvgIpc) is 2.52. The van der Waals surface area contributed by atoms with Crippen molar-refractivity contribution in [3.63, 3.8) is 0 Å². The van der Waals surface area contributed by atoms with Gasteiger partial charge in [0.2, 0.25) is 0 Å². The van der Waals surface area contributed by atoms with Gasteiger partial charge in [0.1, 0.15) is 0 Å². The lowest BCUT2D eigenvalue weighted by atomic mass is 9.85. The van der Waals surface area contributed by atoms with Crippen molar-refractivity contribution in [3.05, 3.63) is 35.9 Å². The number of methoxy groups -OCH3 is 1. The third kappa shape index (κ3) is 4.07. The molecule has 1 aromatic rings. The Kier molecular flexibility index (Phi) is 6.55. The minimum Gasteiger partial charge on any atom is -0.384 e. The van der Waals surface area contributed by atoms with Crippen molar-refractivity contribution in [3.8, 4) is 0 Å². The highest BCUT2D eigenvalue weighted by molar-refractivity contribution is 5.22. The number of ether oxygens (including phenoxy) is 1. The largest absolute Gasteiger partial charge is 0.384 e. The third-order valence-corrected chi connectivity index (χ3v) is 4.50. The second-order valence-corrected chi connectivity index (χ2v) is 5.93. The lowest BCUT2D eigenvalue weighted by molar-refractivity contribution is 0.0810. The van der Waals surface area contributed by atoms with Crippen LogP contribution in [0.4, 0.5) is 0 Å². The Hall–Kier alpha value is -0.860. The van der Waals surface area contributed by atoms with Gasteiger partial charge in [-0.15, -0.1) is 0 Å². The number of hydrogen-bond donors (Lipinski definition) is 0. The minimum atomic E-state index is 0.512. The Morgan fingerprint density at radius 1 is 1.25 bits per heavy atom. The first kappa shape index (κ1) is 15.5. The van der Waals surface area contributed by atoms with Crippen molar-refractivity contribution in [2.45, 2.75) is 51.0 Å². The predicted octanol–water partition coefficient (Wildman–Crippen LogP) is 4.07. The number of rotatable bonds is 7. The van der Waals surface area contributed by atoms with E-state index >= 15 is 0 Å². The summed E-state index contributed by atoms with van der Waals surface area (Å²) in [4.78, 5) is 2.71. The van der Waals surface area contributed by atoms with Gasteiger partial charge in [0.05, 0.1) is 6.61 Å². The van der Waals surface area contributed by atoms with Gasteiger partial charge in [-0.25, -0.2) is 0 Å². The van der Waals surface area contributed by atoms with Crippen LogP contribution in [-0.2, 0) is 4.74 Å². The zero-order chi connectivity index (χ0) is 14.2. The fraction of sp³-hybridized carbons (Fsp3) is 0.667. The van der Waals surface area contributed by atoms with E-state index in [0.29, 0.717) is 12.0 Å². The van der Waals surface area contributed by atoms with E-state index in [-0.39, 0.29) is 0 Å². The molecule has 2 atom stereocenters. The molecule has 1 aliphatic heterocycles. The molecule has 0 aromatic heterocycles. The molecule has 2 nitrogen and oxygen atoms in total. The van der Waals surface area contributed by atoms with Crippen LogP contribution in [0.3, 0.4) is 0 Å². The summed E-state index contributed by atoms with van der Waals surface area (Å²) in [7, 11) is 1.83. The van der Waals surface area contributed by atoms with Crippen molar-refractivity contribution in [1.82, 2.24) is 4.90 Å². The van der Waals surface area contributed by atoms with Crippen LogP contribution in [0, 0.1) is 0 Å². The Labute approximate surface area is 124 Å². The Bertz CT molecular complexity index is 365. The second kappa shape index (κ2) is 8.43. The van der Waals surface area contributed by atoms with E-state index in [1.165, 1.54) is 50.8 Å². The third-order valence-electron chi connectivity index (χ3n) is 4.50. The fourth-order valence-corrected chi connectivity index (χ4v) is 3.42. The summed E-state index contributed by atoms with van der Waals surface area (Å²) in [5.74, 6) is 0.512. The van der Waals surface area contributed by atoms with Gasteiger partial charge in [0.15, 0.2) is 0 Å². The highest BCUT2D eigenvalue weighted by atomic mass is 16.5. The summed E-state index contributed by atoms with van der Waals surface area (Å²) >= 11 is 0. The van der Waals surface area contributed by atoms with Gasteiger partial charge in [-0.3, -0.25) is 4.90 Å². The van der Waals surface area contributed by atoms with Gasteiger partial charge in [0.25, 0.3) is 0 Å². The Morgan fingerprint density at radius 3 is 2.75 bits per heavy atom. The van der Waals surface area contributed by atoms with Crippen molar-refractivity contribution in [1.29, 1.82) is 0 Å². The molecule has 0 N–H and O–H groups in total. The van der Waals surface area contributed by atoms with Crippen LogP contribution in [-0.4, -0.2) is 37.7 Å². The number of benzene rings is 1. The van der Waals surface area contributed by atoms with Crippen LogP contribution in [0.25, 0.3) is 0 Å². The van der Waals surface area contributed by atoms with Gasteiger partial charge in [-0.2, -0.15) is 0 Å². The first-order valence-corrected chi connectivity index (χ1v) is 8.14. The molecule has 1 fully saturated rings. The van der Waals surface area contributed by atoms with E-state index in [4.69, 9.17) is 4.74 Å². The second-order valence-electron chi connectivity index (χ2n) is 5.93. The molecule has 1 aliphatic rings. The molecule has 112 valence electrons. The first-order valence-electron chi connectivity index (χ1n) is 8.14. The quantitative estimate of drug-likeness (QED) is 0.743. The molecule has 0 spiro atoms. The molecular formula is C18H29NO. The van der Waals surface area contributed by atoms with Crippen molar-refractivity contribution in [2.75, 3.05) is 26.8 Å². The molecule has 1 aromatic carbocycles. The molecule has 0 saturated carbocycles. The molecule has 1 saturated heterocycles. The van der Waals surface area contributed by atoms with E-state index in [1.807, 2.05) is 7.11 Å². The molecule has 1 heterocycles. The van der Waals surface area contributed by atoms with Crippen LogP contribution in [0.5, 0.6) is 0 Å². The van der Waals surface area contributed by atoms with Crippen LogP contribution >= 0.6 is 0 Å². The highest BCUT2D eigenvalue weighted by Crippen LogP contribution is 2.31. The summed E-state index contributed by atoms with van der Waals surface area (Å²) in [6, 6.07) is 11.6. The average molecular weight is 275 g/mol. The normalized spacial score (nSPS) is 21.8. The van der Waals surface area contributed by atoms with E-state index in [9.17, 15) is 0 Å². The van der Waals surface area contributed by atoms with E-state index in [0.717, 1.165) is 6.61 Å². The maximum absolute atomic E-state index is 5.54. The van der Waals surface area contributed by atoms with Crippen LogP contribution in [0.2, 0.25) is 0 Å². The molecule has 2 heteroatoms. The van der Waals surface area contributed by atoms with Crippen LogP contribution in [0.1, 0.15) is 50.5 Å². The molecule has 0 aliphatic carbocycles. The number of nitrogens with zero attached hydrogens (tertiary/aromatic N) is 1. The van der Waals surface area contributed by atoms with Gasteiger partial charge < -0.3 is 4.74 Å². The Morgan fingerprint density at radius 2 is 2.05 bits per heavy atom. The smallest absolute Gasteiger partial charge is 0.0546 e.